The Morgan fingerprint density at radius 1 is 1.27 bits per heavy atom. The van der Waals surface area contributed by atoms with Crippen LogP contribution in [-0.2, 0) is 10.9 Å². The smallest absolute Gasteiger partial charge is 0.378 e. The third-order valence-electron chi connectivity index (χ3n) is 3.81. The zero-order valence-electron chi connectivity index (χ0n) is 14.4. The number of ether oxygens (including phenoxy) is 1. The Morgan fingerprint density at radius 2 is 1.92 bits per heavy atom. The molecule has 0 spiro atoms. The van der Waals surface area contributed by atoms with Crippen LogP contribution < -0.4 is 11.5 Å². The number of nitrogens with two attached hydrogens (primary N) is 2. The zero-order chi connectivity index (χ0) is 18.4. The molecule has 6 nitrogen and oxygen atoms in total. The van der Waals surface area contributed by atoms with E-state index in [-0.39, 0.29) is 36.1 Å². The Hall–Kier alpha value is -2.00. The van der Waals surface area contributed by atoms with Crippen LogP contribution in [0.2, 0.25) is 0 Å². The standard InChI is InChI=1S/C16H22F3N5O.ClH/c1-2-25-13-6-8-24(9-7-13)15(21)23-14(20)22-12-5-3-4-11(10-12)16(17,18)19;/h3-5,10,13H,2,6-9H2,1H3,(H4,20,21,22,23);1H. The summed E-state index contributed by atoms with van der Waals surface area (Å²) in [7, 11) is 0. The van der Waals surface area contributed by atoms with E-state index in [9.17, 15) is 13.2 Å². The fraction of sp³-hybridized carbons (Fsp3) is 0.500. The minimum absolute atomic E-state index is 0. The number of halogens is 4. The van der Waals surface area contributed by atoms with E-state index in [1.807, 2.05) is 11.8 Å². The van der Waals surface area contributed by atoms with Gasteiger partial charge >= 0.3 is 6.18 Å². The molecule has 1 heterocycles. The van der Waals surface area contributed by atoms with Gasteiger partial charge in [0.2, 0.25) is 5.96 Å². The van der Waals surface area contributed by atoms with E-state index in [4.69, 9.17) is 16.2 Å². The first-order valence-corrected chi connectivity index (χ1v) is 8.01. The lowest BCUT2D eigenvalue weighted by atomic mass is 10.1. The second kappa shape index (κ2) is 9.63. The van der Waals surface area contributed by atoms with Gasteiger partial charge in [-0.25, -0.2) is 4.99 Å². The number of rotatable bonds is 3. The van der Waals surface area contributed by atoms with Crippen LogP contribution in [0.4, 0.5) is 18.9 Å². The lowest BCUT2D eigenvalue weighted by Gasteiger charge is -2.32. The third kappa shape index (κ3) is 6.38. The number of likely N-dealkylation sites (tertiary alicyclic amines) is 1. The van der Waals surface area contributed by atoms with E-state index < -0.39 is 11.7 Å². The first kappa shape index (κ1) is 22.0. The van der Waals surface area contributed by atoms with Crippen molar-refractivity contribution in [1.82, 2.24) is 4.90 Å². The van der Waals surface area contributed by atoms with Gasteiger partial charge in [-0.3, -0.25) is 0 Å². The van der Waals surface area contributed by atoms with Crippen LogP contribution in [0.25, 0.3) is 0 Å². The molecule has 0 atom stereocenters. The van der Waals surface area contributed by atoms with Gasteiger partial charge in [0, 0.05) is 19.7 Å². The van der Waals surface area contributed by atoms with Crippen molar-refractivity contribution in [3.63, 3.8) is 0 Å². The molecule has 1 saturated heterocycles. The molecule has 1 aromatic carbocycles. The van der Waals surface area contributed by atoms with Gasteiger partial charge in [-0.2, -0.15) is 18.2 Å². The molecule has 0 unspecified atom stereocenters. The normalized spacial score (nSPS) is 17.2. The molecule has 1 aromatic rings. The quantitative estimate of drug-likeness (QED) is 0.610. The van der Waals surface area contributed by atoms with Crippen LogP contribution >= 0.6 is 12.4 Å². The van der Waals surface area contributed by atoms with E-state index in [1.165, 1.54) is 12.1 Å². The summed E-state index contributed by atoms with van der Waals surface area (Å²) in [5.74, 6) is 0.00642. The number of hydrogen-bond donors (Lipinski definition) is 2. The van der Waals surface area contributed by atoms with Gasteiger partial charge in [0.15, 0.2) is 5.96 Å². The molecule has 1 aliphatic heterocycles. The summed E-state index contributed by atoms with van der Waals surface area (Å²) in [6.45, 7) is 3.98. The van der Waals surface area contributed by atoms with Crippen molar-refractivity contribution in [2.75, 3.05) is 19.7 Å². The Balaban J connectivity index is 0.00000338. The summed E-state index contributed by atoms with van der Waals surface area (Å²) >= 11 is 0. The molecule has 1 aliphatic rings. The molecule has 0 saturated carbocycles. The lowest BCUT2D eigenvalue weighted by Crippen LogP contribution is -2.45. The highest BCUT2D eigenvalue weighted by Gasteiger charge is 2.30. The highest BCUT2D eigenvalue weighted by molar-refractivity contribution is 5.94. The molecule has 0 bridgehead atoms. The second-order valence-corrected chi connectivity index (χ2v) is 5.63. The molecule has 0 radical (unpaired) electrons. The van der Waals surface area contributed by atoms with Crippen molar-refractivity contribution in [1.29, 1.82) is 0 Å². The second-order valence-electron chi connectivity index (χ2n) is 5.63. The largest absolute Gasteiger partial charge is 0.416 e. The van der Waals surface area contributed by atoms with E-state index in [0.717, 1.165) is 25.0 Å². The van der Waals surface area contributed by atoms with Gasteiger partial charge in [-0.1, -0.05) is 6.07 Å². The highest BCUT2D eigenvalue weighted by atomic mass is 35.5. The van der Waals surface area contributed by atoms with Gasteiger partial charge in [0.05, 0.1) is 17.4 Å². The van der Waals surface area contributed by atoms with Crippen LogP contribution in [-0.4, -0.2) is 42.6 Å². The molecular weight excluding hydrogens is 371 g/mol. The first-order valence-electron chi connectivity index (χ1n) is 8.01. The maximum absolute atomic E-state index is 12.7. The average molecular weight is 394 g/mol. The fourth-order valence-electron chi connectivity index (χ4n) is 2.58. The molecular formula is C16H23ClF3N5O. The van der Waals surface area contributed by atoms with Gasteiger partial charge in [-0.05, 0) is 38.0 Å². The highest BCUT2D eigenvalue weighted by Crippen LogP contribution is 2.31. The zero-order valence-corrected chi connectivity index (χ0v) is 15.2. The SMILES string of the molecule is CCOC1CCN(C(N)=NC(N)=Nc2cccc(C(F)(F)F)c2)CC1.Cl. The number of guanidine groups is 2. The number of hydrogen-bond acceptors (Lipinski definition) is 2. The molecule has 0 aliphatic carbocycles. The monoisotopic (exact) mass is 393 g/mol. The number of nitrogens with zero attached hydrogens (tertiary/aromatic N) is 3. The van der Waals surface area contributed by atoms with E-state index >= 15 is 0 Å². The van der Waals surface area contributed by atoms with Crippen molar-refractivity contribution in [3.8, 4) is 0 Å². The van der Waals surface area contributed by atoms with Crippen molar-refractivity contribution in [3.05, 3.63) is 29.8 Å². The minimum atomic E-state index is -4.44. The third-order valence-corrected chi connectivity index (χ3v) is 3.81. The van der Waals surface area contributed by atoms with Gasteiger partial charge in [-0.15, -0.1) is 12.4 Å². The van der Waals surface area contributed by atoms with Crippen LogP contribution in [0.3, 0.4) is 0 Å². The summed E-state index contributed by atoms with van der Waals surface area (Å²) in [5, 5.41) is 0. The fourth-order valence-corrected chi connectivity index (χ4v) is 2.58. The molecule has 0 amide bonds. The van der Waals surface area contributed by atoms with Gasteiger partial charge in [0.1, 0.15) is 0 Å². The summed E-state index contributed by atoms with van der Waals surface area (Å²) in [6, 6.07) is 4.56. The van der Waals surface area contributed by atoms with Gasteiger partial charge in [0.25, 0.3) is 0 Å². The maximum Gasteiger partial charge on any atom is 0.416 e. The van der Waals surface area contributed by atoms with Crippen LogP contribution in [0.15, 0.2) is 34.3 Å². The summed E-state index contributed by atoms with van der Waals surface area (Å²) in [4.78, 5) is 9.72. The maximum atomic E-state index is 12.7. The Labute approximate surface area is 156 Å². The molecule has 0 aromatic heterocycles. The number of piperidine rings is 1. The Bertz CT molecular complexity index is 643. The van der Waals surface area contributed by atoms with Crippen molar-refractivity contribution in [2.45, 2.75) is 32.0 Å². The molecule has 1 fully saturated rings. The molecule has 10 heteroatoms. The van der Waals surface area contributed by atoms with Crippen LogP contribution in [0.1, 0.15) is 25.3 Å². The van der Waals surface area contributed by atoms with Crippen LogP contribution in [0, 0.1) is 0 Å². The molecule has 146 valence electrons. The lowest BCUT2D eigenvalue weighted by molar-refractivity contribution is -0.137. The number of aliphatic imine (C=N–C) groups is 2. The average Bonchev–Trinajstić information content (AvgIpc) is 2.55. The Kier molecular flexibility index (Phi) is 8.16. The van der Waals surface area contributed by atoms with Gasteiger partial charge < -0.3 is 21.1 Å². The van der Waals surface area contributed by atoms with E-state index in [2.05, 4.69) is 9.98 Å². The number of benzene rings is 1. The number of alkyl halides is 3. The Morgan fingerprint density at radius 3 is 2.50 bits per heavy atom. The summed E-state index contributed by atoms with van der Waals surface area (Å²) in [5.41, 5.74) is 10.9. The minimum Gasteiger partial charge on any atom is -0.378 e. The van der Waals surface area contributed by atoms with Crippen molar-refractivity contribution in [2.24, 2.45) is 21.5 Å². The predicted molar refractivity (Wildman–Crippen MR) is 97.8 cm³/mol. The molecule has 26 heavy (non-hydrogen) atoms. The summed E-state index contributed by atoms with van der Waals surface area (Å²) < 4.78 is 43.7. The predicted octanol–water partition coefficient (Wildman–Crippen LogP) is 2.89. The van der Waals surface area contributed by atoms with Crippen LogP contribution in [0.5, 0.6) is 0 Å². The van der Waals surface area contributed by atoms with Crippen molar-refractivity contribution < 1.29 is 17.9 Å². The van der Waals surface area contributed by atoms with Crippen molar-refractivity contribution >= 4 is 30.0 Å². The van der Waals surface area contributed by atoms with E-state index in [0.29, 0.717) is 19.7 Å². The first-order chi connectivity index (χ1) is 11.8. The molecule has 4 N–H and O–H groups in total. The summed E-state index contributed by atoms with van der Waals surface area (Å²) in [6.07, 6.45) is -2.57. The topological polar surface area (TPSA) is 89.2 Å². The van der Waals surface area contributed by atoms with E-state index in [1.54, 1.807) is 0 Å². The molecule has 2 rings (SSSR count).